The molecule has 28 heavy (non-hydrogen) atoms. The van der Waals surface area contributed by atoms with Crippen molar-refractivity contribution in [3.8, 4) is 22.3 Å². The molecule has 1 aromatic heterocycles. The van der Waals surface area contributed by atoms with Crippen LogP contribution in [0.4, 0.5) is 5.69 Å². The van der Waals surface area contributed by atoms with Gasteiger partial charge < -0.3 is 9.80 Å². The van der Waals surface area contributed by atoms with E-state index in [2.05, 4.69) is 89.4 Å². The third kappa shape index (κ3) is 2.92. The number of aromatic amines is 1. The van der Waals surface area contributed by atoms with Gasteiger partial charge in [-0.3, -0.25) is 5.10 Å². The van der Waals surface area contributed by atoms with Gasteiger partial charge in [-0.1, -0.05) is 36.4 Å². The Morgan fingerprint density at radius 2 is 1.54 bits per heavy atom. The lowest BCUT2D eigenvalue weighted by molar-refractivity contribution is 0.386. The average Bonchev–Trinajstić information content (AvgIpc) is 3.36. The number of benzene rings is 2. The molecule has 0 spiro atoms. The van der Waals surface area contributed by atoms with E-state index in [0.717, 1.165) is 17.3 Å². The minimum absolute atomic E-state index is 0.691. The topological polar surface area (TPSA) is 35.2 Å². The van der Waals surface area contributed by atoms with Gasteiger partial charge in [-0.25, -0.2) is 0 Å². The fraction of sp³-hybridized carbons (Fsp3) is 0.375. The number of rotatable bonds is 3. The van der Waals surface area contributed by atoms with Crippen LogP contribution in [0.25, 0.3) is 22.3 Å². The standard InChI is InChI=1S/C24H28N4/c1-16-24(17(2)26-25-16)20-6-4-18(5-7-20)19-8-10-22(11-9-19)28-13-12-21-14-27(3)15-23(21)28/h4-11,21,23H,12-15H2,1-3H3,(H,25,26)/t21-,23+/m1/s1. The molecule has 0 saturated carbocycles. The average molecular weight is 373 g/mol. The molecule has 4 heteroatoms. The van der Waals surface area contributed by atoms with Crippen LogP contribution in [0.3, 0.4) is 0 Å². The van der Waals surface area contributed by atoms with Crippen LogP contribution in [0, 0.1) is 19.8 Å². The molecule has 2 aromatic carbocycles. The Kier molecular flexibility index (Phi) is 4.24. The maximum absolute atomic E-state index is 4.32. The highest BCUT2D eigenvalue weighted by molar-refractivity contribution is 5.73. The zero-order valence-corrected chi connectivity index (χ0v) is 16.9. The molecule has 0 aliphatic carbocycles. The Labute approximate surface area is 167 Å². The van der Waals surface area contributed by atoms with E-state index in [1.165, 1.54) is 54.0 Å². The molecule has 5 rings (SSSR count). The quantitative estimate of drug-likeness (QED) is 0.735. The van der Waals surface area contributed by atoms with Gasteiger partial charge in [-0.05, 0) is 62.1 Å². The first kappa shape index (κ1) is 17.5. The van der Waals surface area contributed by atoms with E-state index < -0.39 is 0 Å². The summed E-state index contributed by atoms with van der Waals surface area (Å²) in [4.78, 5) is 5.09. The molecule has 0 radical (unpaired) electrons. The van der Waals surface area contributed by atoms with Gasteiger partial charge in [0.1, 0.15) is 0 Å². The van der Waals surface area contributed by atoms with E-state index in [0.29, 0.717) is 6.04 Å². The first-order chi connectivity index (χ1) is 13.6. The molecule has 3 heterocycles. The van der Waals surface area contributed by atoms with Crippen molar-refractivity contribution in [3.05, 3.63) is 59.9 Å². The molecule has 1 N–H and O–H groups in total. The number of fused-ring (bicyclic) bond motifs is 1. The number of aromatic nitrogens is 2. The van der Waals surface area contributed by atoms with Crippen LogP contribution in [-0.4, -0.2) is 47.8 Å². The number of H-pyrrole nitrogens is 1. The van der Waals surface area contributed by atoms with Crippen LogP contribution in [0.2, 0.25) is 0 Å². The van der Waals surface area contributed by atoms with Gasteiger partial charge in [0.2, 0.25) is 0 Å². The van der Waals surface area contributed by atoms with Crippen LogP contribution < -0.4 is 4.90 Å². The number of likely N-dealkylation sites (N-methyl/N-ethyl adjacent to an activating group) is 1. The van der Waals surface area contributed by atoms with Crippen molar-refractivity contribution in [2.45, 2.75) is 26.3 Å². The predicted molar refractivity (Wildman–Crippen MR) is 116 cm³/mol. The normalized spacial score (nSPS) is 22.0. The smallest absolute Gasteiger partial charge is 0.0672 e. The number of nitrogens with one attached hydrogen (secondary N) is 1. The Morgan fingerprint density at radius 3 is 2.18 bits per heavy atom. The van der Waals surface area contributed by atoms with Crippen molar-refractivity contribution in [1.29, 1.82) is 0 Å². The second-order valence-electron chi connectivity index (χ2n) is 8.46. The van der Waals surface area contributed by atoms with E-state index >= 15 is 0 Å². The van der Waals surface area contributed by atoms with Gasteiger partial charge in [0, 0.05) is 42.6 Å². The number of hydrogen-bond acceptors (Lipinski definition) is 3. The molecule has 0 amide bonds. The number of aryl methyl sites for hydroxylation is 2. The van der Waals surface area contributed by atoms with Crippen molar-refractivity contribution in [3.63, 3.8) is 0 Å². The van der Waals surface area contributed by atoms with Gasteiger partial charge in [0.15, 0.2) is 0 Å². The highest BCUT2D eigenvalue weighted by atomic mass is 15.3. The summed E-state index contributed by atoms with van der Waals surface area (Å²) >= 11 is 0. The summed E-state index contributed by atoms with van der Waals surface area (Å²) in [7, 11) is 2.25. The van der Waals surface area contributed by atoms with E-state index in [9.17, 15) is 0 Å². The fourth-order valence-corrected chi connectivity index (χ4v) is 5.14. The van der Waals surface area contributed by atoms with E-state index in [1.807, 2.05) is 0 Å². The number of anilines is 1. The monoisotopic (exact) mass is 372 g/mol. The number of likely N-dealkylation sites (tertiary alicyclic amines) is 1. The summed E-state index contributed by atoms with van der Waals surface area (Å²) in [6.07, 6.45) is 1.32. The van der Waals surface area contributed by atoms with E-state index in [1.54, 1.807) is 0 Å². The highest BCUT2D eigenvalue weighted by Gasteiger charge is 2.39. The van der Waals surface area contributed by atoms with Crippen molar-refractivity contribution in [2.75, 3.05) is 31.6 Å². The maximum Gasteiger partial charge on any atom is 0.0672 e. The summed E-state index contributed by atoms with van der Waals surface area (Å²) in [5.41, 5.74) is 8.51. The molecule has 0 unspecified atom stereocenters. The van der Waals surface area contributed by atoms with Gasteiger partial charge in [0.25, 0.3) is 0 Å². The van der Waals surface area contributed by atoms with Crippen molar-refractivity contribution < 1.29 is 0 Å². The zero-order valence-electron chi connectivity index (χ0n) is 16.9. The highest BCUT2D eigenvalue weighted by Crippen LogP contribution is 2.35. The molecule has 2 aliphatic heterocycles. The third-order valence-corrected chi connectivity index (χ3v) is 6.56. The van der Waals surface area contributed by atoms with Crippen molar-refractivity contribution in [2.24, 2.45) is 5.92 Å². The number of hydrogen-bond donors (Lipinski definition) is 1. The Morgan fingerprint density at radius 1 is 0.893 bits per heavy atom. The van der Waals surface area contributed by atoms with Crippen molar-refractivity contribution in [1.82, 2.24) is 15.1 Å². The number of nitrogens with zero attached hydrogens (tertiary/aromatic N) is 3. The fourth-order valence-electron chi connectivity index (χ4n) is 5.14. The Hall–Kier alpha value is -2.59. The van der Waals surface area contributed by atoms with Crippen LogP contribution in [-0.2, 0) is 0 Å². The molecule has 2 saturated heterocycles. The SMILES string of the molecule is Cc1n[nH]c(C)c1-c1ccc(-c2ccc(N3CC[C@@H]4CN(C)C[C@@H]43)cc2)cc1. The molecule has 0 bridgehead atoms. The second-order valence-corrected chi connectivity index (χ2v) is 8.46. The molecular formula is C24H28N4. The second kappa shape index (κ2) is 6.78. The summed E-state index contributed by atoms with van der Waals surface area (Å²) < 4.78 is 0. The third-order valence-electron chi connectivity index (χ3n) is 6.56. The van der Waals surface area contributed by atoms with Gasteiger partial charge in [0.05, 0.1) is 5.69 Å². The first-order valence-corrected chi connectivity index (χ1v) is 10.3. The molecule has 144 valence electrons. The summed E-state index contributed by atoms with van der Waals surface area (Å²) in [6.45, 7) is 7.77. The van der Waals surface area contributed by atoms with Gasteiger partial charge in [-0.2, -0.15) is 5.10 Å². The maximum atomic E-state index is 4.32. The summed E-state index contributed by atoms with van der Waals surface area (Å²) in [5.74, 6) is 0.840. The molecular weight excluding hydrogens is 344 g/mol. The lowest BCUT2D eigenvalue weighted by Gasteiger charge is -2.26. The van der Waals surface area contributed by atoms with Gasteiger partial charge >= 0.3 is 0 Å². The predicted octanol–water partition coefficient (Wildman–Crippen LogP) is 4.50. The molecule has 2 aliphatic rings. The molecule has 2 fully saturated rings. The van der Waals surface area contributed by atoms with Crippen LogP contribution in [0.1, 0.15) is 17.8 Å². The van der Waals surface area contributed by atoms with E-state index in [4.69, 9.17) is 0 Å². The summed E-state index contributed by atoms with van der Waals surface area (Å²) in [6, 6.07) is 18.7. The minimum atomic E-state index is 0.691. The van der Waals surface area contributed by atoms with Crippen LogP contribution in [0.15, 0.2) is 48.5 Å². The zero-order chi connectivity index (χ0) is 19.3. The molecule has 3 aromatic rings. The largest absolute Gasteiger partial charge is 0.367 e. The lowest BCUT2D eigenvalue weighted by Crippen LogP contribution is -2.34. The molecule has 4 nitrogen and oxygen atoms in total. The molecule has 2 atom stereocenters. The lowest BCUT2D eigenvalue weighted by atomic mass is 9.99. The van der Waals surface area contributed by atoms with Crippen molar-refractivity contribution >= 4 is 5.69 Å². The Balaban J connectivity index is 1.36. The van der Waals surface area contributed by atoms with Gasteiger partial charge in [-0.15, -0.1) is 0 Å². The first-order valence-electron chi connectivity index (χ1n) is 10.3. The summed E-state index contributed by atoms with van der Waals surface area (Å²) in [5, 5.41) is 7.39. The minimum Gasteiger partial charge on any atom is -0.367 e. The van der Waals surface area contributed by atoms with Crippen LogP contribution >= 0.6 is 0 Å². The van der Waals surface area contributed by atoms with E-state index in [-0.39, 0.29) is 0 Å². The van der Waals surface area contributed by atoms with Crippen LogP contribution in [0.5, 0.6) is 0 Å². The Bertz CT molecular complexity index is 951.